The SMILES string of the molecule is CC(=O)OCC(=O)N(C[C@@H](COc1nsnc1N1CCOCC1)OC(C)(C)C)C(C)(C)C. The van der Waals surface area contributed by atoms with Crippen molar-refractivity contribution in [2.45, 2.75) is 65.7 Å². The first-order valence-corrected chi connectivity index (χ1v) is 11.5. The van der Waals surface area contributed by atoms with Crippen LogP contribution in [-0.4, -0.2) is 88.8 Å². The summed E-state index contributed by atoms with van der Waals surface area (Å²) in [5, 5.41) is 0. The summed E-state index contributed by atoms with van der Waals surface area (Å²) in [6.07, 6.45) is -0.435. The first-order chi connectivity index (χ1) is 14.9. The number of rotatable bonds is 9. The zero-order valence-corrected chi connectivity index (χ0v) is 21.0. The second-order valence-corrected chi connectivity index (χ2v) is 10.1. The van der Waals surface area contributed by atoms with Crippen LogP contribution in [0.4, 0.5) is 5.82 Å². The van der Waals surface area contributed by atoms with E-state index in [1.807, 2.05) is 41.5 Å². The molecule has 0 radical (unpaired) electrons. The highest BCUT2D eigenvalue weighted by Gasteiger charge is 2.32. The van der Waals surface area contributed by atoms with Crippen molar-refractivity contribution in [1.82, 2.24) is 13.6 Å². The average molecular weight is 473 g/mol. The second-order valence-electron chi connectivity index (χ2n) is 9.61. The number of amides is 1. The van der Waals surface area contributed by atoms with Gasteiger partial charge in [-0.05, 0) is 41.5 Å². The van der Waals surface area contributed by atoms with Crippen LogP contribution in [0.2, 0.25) is 0 Å². The quantitative estimate of drug-likeness (QED) is 0.500. The lowest BCUT2D eigenvalue weighted by Gasteiger charge is -2.39. The summed E-state index contributed by atoms with van der Waals surface area (Å²) in [6.45, 7) is 15.8. The molecule has 0 unspecified atom stereocenters. The van der Waals surface area contributed by atoms with Crippen LogP contribution < -0.4 is 9.64 Å². The first-order valence-electron chi connectivity index (χ1n) is 10.8. The summed E-state index contributed by atoms with van der Waals surface area (Å²) in [7, 11) is 0. The number of aromatic nitrogens is 2. The molecule has 1 fully saturated rings. The molecule has 1 atom stereocenters. The lowest BCUT2D eigenvalue weighted by molar-refractivity contribution is -0.156. The molecule has 1 aliphatic heterocycles. The maximum absolute atomic E-state index is 12.8. The van der Waals surface area contributed by atoms with Gasteiger partial charge in [0.1, 0.15) is 12.7 Å². The van der Waals surface area contributed by atoms with Gasteiger partial charge in [-0.2, -0.15) is 4.37 Å². The van der Waals surface area contributed by atoms with Gasteiger partial charge in [-0.3, -0.25) is 9.59 Å². The minimum atomic E-state index is -0.502. The number of nitrogens with zero attached hydrogens (tertiary/aromatic N) is 4. The number of morpholine rings is 1. The van der Waals surface area contributed by atoms with E-state index in [2.05, 4.69) is 13.6 Å². The molecule has 182 valence electrons. The van der Waals surface area contributed by atoms with Crippen LogP contribution in [0, 0.1) is 0 Å². The van der Waals surface area contributed by atoms with Crippen LogP contribution in [0.5, 0.6) is 5.88 Å². The number of hydrogen-bond donors (Lipinski definition) is 0. The number of anilines is 1. The van der Waals surface area contributed by atoms with Gasteiger partial charge in [-0.1, -0.05) is 0 Å². The Labute approximate surface area is 194 Å². The molecule has 0 bridgehead atoms. The predicted octanol–water partition coefficient (Wildman–Crippen LogP) is 2.13. The van der Waals surface area contributed by atoms with Crippen molar-refractivity contribution in [2.24, 2.45) is 0 Å². The summed E-state index contributed by atoms with van der Waals surface area (Å²) < 4.78 is 31.3. The fourth-order valence-corrected chi connectivity index (χ4v) is 3.75. The van der Waals surface area contributed by atoms with Crippen LogP contribution >= 0.6 is 11.7 Å². The summed E-state index contributed by atoms with van der Waals surface area (Å²) >= 11 is 1.10. The molecule has 2 rings (SSSR count). The molecule has 1 aliphatic rings. The molecule has 2 heterocycles. The third-order valence-electron chi connectivity index (χ3n) is 4.58. The summed E-state index contributed by atoms with van der Waals surface area (Å²) in [6, 6.07) is 0. The molecule has 32 heavy (non-hydrogen) atoms. The summed E-state index contributed by atoms with van der Waals surface area (Å²) in [4.78, 5) is 27.7. The Bertz CT molecular complexity index is 752. The Morgan fingerprint density at radius 3 is 2.38 bits per heavy atom. The molecule has 0 spiro atoms. The topological polar surface area (TPSA) is 103 Å². The van der Waals surface area contributed by atoms with Gasteiger partial charge in [0.15, 0.2) is 6.61 Å². The van der Waals surface area contributed by atoms with Crippen LogP contribution in [0.15, 0.2) is 0 Å². The minimum Gasteiger partial charge on any atom is -0.472 e. The number of carbonyl (C=O) groups excluding carboxylic acids is 2. The number of ether oxygens (including phenoxy) is 4. The summed E-state index contributed by atoms with van der Waals surface area (Å²) in [5.41, 5.74) is -0.957. The molecule has 1 saturated heterocycles. The summed E-state index contributed by atoms with van der Waals surface area (Å²) in [5.74, 6) is 0.364. The van der Waals surface area contributed by atoms with Crippen molar-refractivity contribution in [3.63, 3.8) is 0 Å². The van der Waals surface area contributed by atoms with Crippen molar-refractivity contribution >= 4 is 29.4 Å². The highest BCUT2D eigenvalue weighted by molar-refractivity contribution is 6.99. The standard InChI is InChI=1S/C21H36N4O6S/c1-15(26)29-14-17(27)25(20(2,3)4)12-16(31-21(5,6)7)13-30-19-18(22-32-23-19)24-8-10-28-11-9-24/h16H,8-14H2,1-7H3/t16-/m0/s1. The van der Waals surface area contributed by atoms with E-state index < -0.39 is 23.2 Å². The van der Waals surface area contributed by atoms with Gasteiger partial charge in [-0.25, -0.2) is 0 Å². The molecule has 1 aromatic rings. The van der Waals surface area contributed by atoms with Crippen molar-refractivity contribution in [2.75, 3.05) is 51.0 Å². The largest absolute Gasteiger partial charge is 0.472 e. The van der Waals surface area contributed by atoms with E-state index in [1.54, 1.807) is 4.90 Å². The molecule has 11 heteroatoms. The maximum atomic E-state index is 12.8. The molecular formula is C21H36N4O6S. The first kappa shape index (κ1) is 26.3. The smallest absolute Gasteiger partial charge is 0.303 e. The van der Waals surface area contributed by atoms with E-state index >= 15 is 0 Å². The van der Waals surface area contributed by atoms with E-state index in [0.717, 1.165) is 24.8 Å². The lowest BCUT2D eigenvalue weighted by Crippen LogP contribution is -2.53. The van der Waals surface area contributed by atoms with E-state index in [0.29, 0.717) is 24.9 Å². The van der Waals surface area contributed by atoms with Crippen molar-refractivity contribution < 1.29 is 28.5 Å². The van der Waals surface area contributed by atoms with Crippen molar-refractivity contribution in [3.8, 4) is 5.88 Å². The van der Waals surface area contributed by atoms with Crippen LogP contribution in [0.25, 0.3) is 0 Å². The third-order valence-corrected chi connectivity index (χ3v) is 5.08. The zero-order chi connectivity index (χ0) is 23.9. The van der Waals surface area contributed by atoms with Gasteiger partial charge < -0.3 is 28.7 Å². The van der Waals surface area contributed by atoms with Crippen molar-refractivity contribution in [1.29, 1.82) is 0 Å². The maximum Gasteiger partial charge on any atom is 0.303 e. The molecule has 1 aromatic heterocycles. The fraction of sp³-hybridized carbons (Fsp3) is 0.810. The van der Waals surface area contributed by atoms with E-state index in [9.17, 15) is 9.59 Å². The Hall–Kier alpha value is -1.98. The number of carbonyl (C=O) groups is 2. The molecule has 0 aliphatic carbocycles. The molecule has 0 aromatic carbocycles. The third kappa shape index (κ3) is 8.51. The molecule has 0 N–H and O–H groups in total. The van der Waals surface area contributed by atoms with Crippen LogP contribution in [0.1, 0.15) is 48.5 Å². The lowest BCUT2D eigenvalue weighted by atomic mass is 10.0. The Morgan fingerprint density at radius 2 is 1.81 bits per heavy atom. The number of hydrogen-bond acceptors (Lipinski definition) is 10. The Kier molecular flexibility index (Phi) is 9.23. The normalized spacial score (nSPS) is 15.9. The van der Waals surface area contributed by atoms with Gasteiger partial charge >= 0.3 is 5.97 Å². The molecule has 0 saturated carbocycles. The van der Waals surface area contributed by atoms with Gasteiger partial charge in [0.05, 0.1) is 37.1 Å². The monoisotopic (exact) mass is 472 g/mol. The van der Waals surface area contributed by atoms with Gasteiger partial charge in [0.25, 0.3) is 11.8 Å². The molecule has 10 nitrogen and oxygen atoms in total. The van der Waals surface area contributed by atoms with Crippen molar-refractivity contribution in [3.05, 3.63) is 0 Å². The average Bonchev–Trinajstić information content (AvgIpc) is 3.15. The van der Waals surface area contributed by atoms with E-state index in [4.69, 9.17) is 18.9 Å². The van der Waals surface area contributed by atoms with Crippen LogP contribution in [0.3, 0.4) is 0 Å². The van der Waals surface area contributed by atoms with Crippen LogP contribution in [-0.2, 0) is 23.8 Å². The fourth-order valence-electron chi connectivity index (χ4n) is 3.23. The second kappa shape index (κ2) is 11.2. The van der Waals surface area contributed by atoms with E-state index in [1.165, 1.54) is 6.92 Å². The molecule has 1 amide bonds. The predicted molar refractivity (Wildman–Crippen MR) is 121 cm³/mol. The van der Waals surface area contributed by atoms with Gasteiger partial charge in [-0.15, -0.1) is 4.37 Å². The highest BCUT2D eigenvalue weighted by Crippen LogP contribution is 2.27. The zero-order valence-electron chi connectivity index (χ0n) is 20.2. The Balaban J connectivity index is 2.12. The number of esters is 1. The van der Waals surface area contributed by atoms with E-state index in [-0.39, 0.29) is 25.7 Å². The molecular weight excluding hydrogens is 436 g/mol. The minimum absolute atomic E-state index is 0.188. The van der Waals surface area contributed by atoms with Gasteiger partial charge in [0.2, 0.25) is 5.82 Å². The highest BCUT2D eigenvalue weighted by atomic mass is 32.1. The Morgan fingerprint density at radius 1 is 1.16 bits per heavy atom. The van der Waals surface area contributed by atoms with Gasteiger partial charge in [0, 0.05) is 25.6 Å².